The fraction of sp³-hybridized carbons (Fsp3) is 0.786. The second kappa shape index (κ2) is 10.6. The van der Waals surface area contributed by atoms with Crippen LogP contribution in [-0.2, 0) is 23.5 Å². The Morgan fingerprint density at radius 2 is 1.26 bits per heavy atom. The zero-order valence-electron chi connectivity index (χ0n) is 20.8. The first-order valence-corrected chi connectivity index (χ1v) is 13.4. The summed E-state index contributed by atoms with van der Waals surface area (Å²) in [7, 11) is 0. The van der Waals surface area contributed by atoms with Crippen LogP contribution in [0.15, 0.2) is 6.07 Å². The molecule has 1 heterocycles. The van der Waals surface area contributed by atoms with Crippen molar-refractivity contribution in [3.8, 4) is 0 Å². The number of rotatable bonds is 7. The van der Waals surface area contributed by atoms with Gasteiger partial charge in [-0.1, -0.05) is 51.5 Å². The fourth-order valence-electron chi connectivity index (χ4n) is 6.96. The molecule has 3 fully saturated rings. The van der Waals surface area contributed by atoms with E-state index in [0.717, 1.165) is 37.5 Å². The predicted molar refractivity (Wildman–Crippen MR) is 124 cm³/mol. The van der Waals surface area contributed by atoms with Crippen molar-refractivity contribution in [3.63, 3.8) is 0 Å². The van der Waals surface area contributed by atoms with Crippen LogP contribution >= 0.6 is 0 Å². The molecule has 1 nitrogen and oxygen atoms in total. The highest BCUT2D eigenvalue weighted by Gasteiger charge is 2.49. The molecule has 1 atom stereocenters. The van der Waals surface area contributed by atoms with Crippen molar-refractivity contribution in [1.29, 1.82) is 0 Å². The van der Waals surface area contributed by atoms with E-state index in [0.29, 0.717) is 12.3 Å². The Labute approximate surface area is 205 Å². The van der Waals surface area contributed by atoms with Crippen molar-refractivity contribution in [3.05, 3.63) is 33.9 Å². The number of ether oxygens (including phenoxy) is 1. The van der Waals surface area contributed by atoms with Gasteiger partial charge in [0, 0.05) is 0 Å². The quantitative estimate of drug-likeness (QED) is 0.266. The topological polar surface area (TPSA) is 12.5 Å². The molecule has 1 aromatic carbocycles. The van der Waals surface area contributed by atoms with E-state index in [1.54, 1.807) is 0 Å². The molecule has 0 amide bonds. The molecule has 3 aliphatic rings. The fourth-order valence-corrected chi connectivity index (χ4v) is 6.96. The van der Waals surface area contributed by atoms with Crippen molar-refractivity contribution in [2.75, 3.05) is 6.61 Å². The monoisotopic (exact) mass is 504 g/mol. The molecule has 1 aliphatic heterocycles. The average Bonchev–Trinajstić information content (AvgIpc) is 3.63. The van der Waals surface area contributed by atoms with E-state index in [4.69, 9.17) is 4.74 Å². The summed E-state index contributed by atoms with van der Waals surface area (Å²) in [5.74, 6) is 2.63. The van der Waals surface area contributed by atoms with Gasteiger partial charge in [0.25, 0.3) is 0 Å². The second-order valence-electron chi connectivity index (χ2n) is 11.2. The summed E-state index contributed by atoms with van der Waals surface area (Å²) in [5, 5.41) is 0. The van der Waals surface area contributed by atoms with Crippen LogP contribution in [0.2, 0.25) is 0 Å². The molecule has 7 heteroatoms. The minimum absolute atomic E-state index is 0.0304. The Morgan fingerprint density at radius 3 is 1.69 bits per heavy atom. The van der Waals surface area contributed by atoms with Crippen LogP contribution in [-0.4, -0.2) is 6.61 Å². The van der Waals surface area contributed by atoms with Gasteiger partial charge in [-0.2, -0.15) is 26.3 Å². The lowest BCUT2D eigenvalue weighted by molar-refractivity contribution is -0.163. The molecule has 1 unspecified atom stereocenters. The van der Waals surface area contributed by atoms with E-state index >= 15 is 0 Å². The third kappa shape index (κ3) is 6.37. The lowest BCUT2D eigenvalue weighted by atomic mass is 9.68. The van der Waals surface area contributed by atoms with Crippen LogP contribution in [0.1, 0.15) is 111 Å². The molecular formula is C28H38F6O. The minimum atomic E-state index is -5.08. The molecular weight excluding hydrogens is 466 g/mol. The van der Waals surface area contributed by atoms with Gasteiger partial charge in [0.2, 0.25) is 0 Å². The maximum atomic E-state index is 14.0. The lowest BCUT2D eigenvalue weighted by Crippen LogP contribution is -2.26. The van der Waals surface area contributed by atoms with E-state index < -0.39 is 29.6 Å². The van der Waals surface area contributed by atoms with Crippen molar-refractivity contribution in [1.82, 2.24) is 0 Å². The first-order chi connectivity index (χ1) is 16.5. The van der Waals surface area contributed by atoms with Crippen LogP contribution < -0.4 is 0 Å². The standard InChI is InChI=1S/C28H38F6O/c1-3-4-18-5-10-20(11-6-18)21-12-7-19(8-13-21)9-14-22-17(2)15-23(24-16-35-24)26(28(32,33)34)25(22)27(29,30)31/h15,18-21,24H,3-14,16H2,1-2H3. The van der Waals surface area contributed by atoms with E-state index in [-0.39, 0.29) is 35.6 Å². The number of halogens is 6. The van der Waals surface area contributed by atoms with Crippen LogP contribution in [0.4, 0.5) is 26.3 Å². The molecule has 0 bridgehead atoms. The van der Waals surface area contributed by atoms with Crippen molar-refractivity contribution >= 4 is 0 Å². The van der Waals surface area contributed by atoms with E-state index in [2.05, 4.69) is 6.92 Å². The Balaban J connectivity index is 1.42. The van der Waals surface area contributed by atoms with Gasteiger partial charge >= 0.3 is 12.4 Å². The number of alkyl halides is 6. The highest BCUT2D eigenvalue weighted by Crippen LogP contribution is 2.49. The number of epoxide rings is 1. The molecule has 198 valence electrons. The maximum absolute atomic E-state index is 14.0. The molecule has 2 aliphatic carbocycles. The first kappa shape index (κ1) is 26.8. The number of hydrogen-bond donors (Lipinski definition) is 0. The molecule has 1 aromatic rings. The van der Waals surface area contributed by atoms with Gasteiger partial charge in [0.1, 0.15) is 6.10 Å². The normalized spacial score (nSPS) is 29.9. The maximum Gasteiger partial charge on any atom is 0.417 e. The molecule has 0 aromatic heterocycles. The van der Waals surface area contributed by atoms with E-state index in [9.17, 15) is 26.3 Å². The highest BCUT2D eigenvalue weighted by molar-refractivity contribution is 5.50. The molecule has 4 rings (SSSR count). The summed E-state index contributed by atoms with van der Waals surface area (Å²) in [5.41, 5.74) is -3.32. The largest absolute Gasteiger partial charge is 0.417 e. The van der Waals surface area contributed by atoms with Crippen LogP contribution in [0.3, 0.4) is 0 Å². The lowest BCUT2D eigenvalue weighted by Gasteiger charge is -2.38. The molecule has 2 saturated carbocycles. The Kier molecular flexibility index (Phi) is 8.14. The Bertz CT molecular complexity index is 854. The highest BCUT2D eigenvalue weighted by atomic mass is 19.4. The number of hydrogen-bond acceptors (Lipinski definition) is 1. The molecule has 0 radical (unpaired) electrons. The van der Waals surface area contributed by atoms with E-state index in [1.165, 1.54) is 51.5 Å². The molecule has 35 heavy (non-hydrogen) atoms. The Morgan fingerprint density at radius 1 is 0.771 bits per heavy atom. The number of benzene rings is 1. The van der Waals surface area contributed by atoms with Crippen LogP contribution in [0.5, 0.6) is 0 Å². The molecule has 1 saturated heterocycles. The summed E-state index contributed by atoms with van der Waals surface area (Å²) in [6, 6.07) is 1.27. The average molecular weight is 505 g/mol. The van der Waals surface area contributed by atoms with Gasteiger partial charge in [-0.15, -0.1) is 0 Å². The van der Waals surface area contributed by atoms with Gasteiger partial charge in [-0.25, -0.2) is 0 Å². The summed E-state index contributed by atoms with van der Waals surface area (Å²) < 4.78 is 88.7. The summed E-state index contributed by atoms with van der Waals surface area (Å²) in [6.07, 6.45) is 1.46. The molecule has 0 N–H and O–H groups in total. The zero-order chi connectivity index (χ0) is 25.4. The van der Waals surface area contributed by atoms with Gasteiger partial charge in [0.05, 0.1) is 17.7 Å². The smallest absolute Gasteiger partial charge is 0.368 e. The SMILES string of the molecule is CCCC1CCC(C2CCC(CCc3c(C)cc(C4CO4)c(C(F)(F)F)c3C(F)(F)F)CC2)CC1. The van der Waals surface area contributed by atoms with E-state index in [1.807, 2.05) is 0 Å². The third-order valence-corrected chi connectivity index (χ3v) is 8.88. The summed E-state index contributed by atoms with van der Waals surface area (Å²) >= 11 is 0. The zero-order valence-corrected chi connectivity index (χ0v) is 20.8. The van der Waals surface area contributed by atoms with Gasteiger partial charge < -0.3 is 4.74 Å². The van der Waals surface area contributed by atoms with Crippen molar-refractivity contribution in [2.24, 2.45) is 23.7 Å². The molecule has 0 spiro atoms. The number of aryl methyl sites for hydroxylation is 1. The van der Waals surface area contributed by atoms with Crippen molar-refractivity contribution in [2.45, 2.75) is 109 Å². The van der Waals surface area contributed by atoms with Gasteiger partial charge in [0.15, 0.2) is 0 Å². The first-order valence-electron chi connectivity index (χ1n) is 13.4. The summed E-state index contributed by atoms with van der Waals surface area (Å²) in [6.45, 7) is 3.78. The van der Waals surface area contributed by atoms with Crippen LogP contribution in [0.25, 0.3) is 0 Å². The predicted octanol–water partition coefficient (Wildman–Crippen LogP) is 9.45. The minimum Gasteiger partial charge on any atom is -0.368 e. The van der Waals surface area contributed by atoms with Crippen molar-refractivity contribution < 1.29 is 31.1 Å². The summed E-state index contributed by atoms with van der Waals surface area (Å²) in [4.78, 5) is 0. The third-order valence-electron chi connectivity index (χ3n) is 8.88. The van der Waals surface area contributed by atoms with Crippen LogP contribution in [0, 0.1) is 30.6 Å². The Hall–Kier alpha value is -1.24. The van der Waals surface area contributed by atoms with Gasteiger partial charge in [-0.05, 0) is 85.8 Å². The van der Waals surface area contributed by atoms with Gasteiger partial charge in [-0.3, -0.25) is 0 Å². The second-order valence-corrected chi connectivity index (χ2v) is 11.2.